The molecule has 0 atom stereocenters. The number of rotatable bonds is 6. The van der Waals surface area contributed by atoms with E-state index >= 15 is 0 Å². The van der Waals surface area contributed by atoms with Crippen LogP contribution < -0.4 is 15.9 Å². The molecule has 0 unspecified atom stereocenters. The van der Waals surface area contributed by atoms with Crippen LogP contribution >= 0.6 is 18.9 Å². The van der Waals surface area contributed by atoms with Gasteiger partial charge in [-0.1, -0.05) is 59.8 Å². The van der Waals surface area contributed by atoms with Crippen molar-refractivity contribution < 1.29 is 5.21 Å². The van der Waals surface area contributed by atoms with Crippen LogP contribution in [0.2, 0.25) is 0 Å². The number of oxime groups is 1. The van der Waals surface area contributed by atoms with E-state index in [0.29, 0.717) is 5.71 Å². The molecule has 3 aromatic carbocycles. The van der Waals surface area contributed by atoms with Gasteiger partial charge in [0.25, 0.3) is 0 Å². The molecule has 0 saturated heterocycles. The lowest BCUT2D eigenvalue weighted by Gasteiger charge is -2.24. The second kappa shape index (κ2) is 8.80. The Balaban J connectivity index is 2.32. The normalized spacial score (nSPS) is 12.4. The van der Waals surface area contributed by atoms with E-state index in [2.05, 4.69) is 83.8 Å². The quantitative estimate of drug-likeness (QED) is 0.219. The van der Waals surface area contributed by atoms with Crippen LogP contribution in [0, 0.1) is 0 Å². The van der Waals surface area contributed by atoms with E-state index in [1.807, 2.05) is 24.3 Å². The van der Waals surface area contributed by atoms with Crippen LogP contribution in [0.3, 0.4) is 0 Å². The lowest BCUT2D eigenvalue weighted by molar-refractivity contribution is 0.319. The largest absolute Gasteiger partial charge is 0.411 e. The van der Waals surface area contributed by atoms with Crippen molar-refractivity contribution in [3.05, 3.63) is 103 Å². The topological polar surface area (TPSA) is 32.6 Å². The summed E-state index contributed by atoms with van der Waals surface area (Å²) in [4.78, 5) is 0. The minimum Gasteiger partial charge on any atom is -0.411 e. The maximum absolute atomic E-state index is 9.20. The second-order valence-electron chi connectivity index (χ2n) is 5.77. The molecule has 2 nitrogen and oxygen atoms in total. The minimum atomic E-state index is -2.06. The summed E-state index contributed by atoms with van der Waals surface area (Å²) >= 11 is 5.90. The van der Waals surface area contributed by atoms with Crippen LogP contribution in [0.25, 0.3) is 0 Å². The lowest BCUT2D eigenvalue weighted by atomic mass is 10.4. The monoisotopic (exact) mass is 380 g/mol. The maximum atomic E-state index is 9.20. The molecule has 0 aliphatic carbocycles. The van der Waals surface area contributed by atoms with Gasteiger partial charge in [-0.25, -0.2) is 0 Å². The number of halogens is 1. The number of allylic oxidation sites excluding steroid dienone is 1. The molecule has 130 valence electrons. The van der Waals surface area contributed by atoms with Gasteiger partial charge in [0, 0.05) is 6.08 Å². The highest BCUT2D eigenvalue weighted by Crippen LogP contribution is 2.56. The Morgan fingerprint density at radius 2 is 1.15 bits per heavy atom. The second-order valence-corrected chi connectivity index (χ2v) is 9.33. The standard InChI is InChI=1S/C22H19ClNOP/c23-18-19(24-25)16-17-26(20-10-4-1-5-11-20,21-12-6-2-7-13-21)22-14-8-3-9-15-22/h1-17H,18H2/p+1. The van der Waals surface area contributed by atoms with Crippen LogP contribution in [0.4, 0.5) is 0 Å². The van der Waals surface area contributed by atoms with E-state index in [9.17, 15) is 5.21 Å². The molecule has 0 spiro atoms. The zero-order valence-corrected chi connectivity index (χ0v) is 15.9. The molecule has 0 fully saturated rings. The van der Waals surface area contributed by atoms with Crippen molar-refractivity contribution >= 4 is 40.5 Å². The Morgan fingerprint density at radius 3 is 1.46 bits per heavy atom. The highest BCUT2D eigenvalue weighted by molar-refractivity contribution is 7.98. The van der Waals surface area contributed by atoms with Gasteiger partial charge in [0.15, 0.2) is 0 Å². The predicted octanol–water partition coefficient (Wildman–Crippen LogP) is 4.56. The summed E-state index contributed by atoms with van der Waals surface area (Å²) in [5.74, 6) is 2.33. The molecule has 0 saturated carbocycles. The van der Waals surface area contributed by atoms with E-state index in [4.69, 9.17) is 11.6 Å². The van der Waals surface area contributed by atoms with Gasteiger partial charge in [-0.15, -0.1) is 11.6 Å². The number of hydrogen-bond donors (Lipinski definition) is 1. The highest BCUT2D eigenvalue weighted by Gasteiger charge is 2.43. The number of hydrogen-bond acceptors (Lipinski definition) is 2. The van der Waals surface area contributed by atoms with Crippen LogP contribution in [-0.4, -0.2) is 16.8 Å². The molecule has 0 aliphatic rings. The van der Waals surface area contributed by atoms with Gasteiger partial charge in [-0.2, -0.15) is 0 Å². The summed E-state index contributed by atoms with van der Waals surface area (Å²) in [6.07, 6.45) is 1.84. The average molecular weight is 381 g/mol. The van der Waals surface area contributed by atoms with Crippen molar-refractivity contribution in [3.63, 3.8) is 0 Å². The summed E-state index contributed by atoms with van der Waals surface area (Å²) in [5.41, 5.74) is 0.443. The van der Waals surface area contributed by atoms with E-state index in [-0.39, 0.29) is 5.88 Å². The zero-order valence-electron chi connectivity index (χ0n) is 14.2. The fourth-order valence-corrected chi connectivity index (χ4v) is 6.87. The Labute approximate surface area is 159 Å². The minimum absolute atomic E-state index is 0.158. The molecule has 0 bridgehead atoms. The molecule has 0 aromatic heterocycles. The molecular weight excluding hydrogens is 361 g/mol. The van der Waals surface area contributed by atoms with Gasteiger partial charge in [-0.05, 0) is 36.4 Å². The van der Waals surface area contributed by atoms with Crippen molar-refractivity contribution in [1.82, 2.24) is 0 Å². The fraction of sp³-hybridized carbons (Fsp3) is 0.0455. The SMILES string of the molecule is ON=C(C=C[P+](c1ccccc1)(c1ccccc1)c1ccccc1)CCl. The molecule has 0 aliphatic heterocycles. The molecule has 3 rings (SSSR count). The van der Waals surface area contributed by atoms with Crippen LogP contribution in [0.15, 0.2) is 108 Å². The summed E-state index contributed by atoms with van der Waals surface area (Å²) in [6, 6.07) is 31.4. The zero-order chi connectivity index (χ0) is 18.2. The molecular formula is C22H20ClNOP+. The van der Waals surface area contributed by atoms with E-state index in [1.54, 1.807) is 0 Å². The van der Waals surface area contributed by atoms with Crippen molar-refractivity contribution in [1.29, 1.82) is 0 Å². The molecule has 3 aromatic rings. The first kappa shape index (κ1) is 18.4. The first-order valence-corrected chi connectivity index (χ1v) is 10.7. The molecule has 4 heteroatoms. The third kappa shape index (κ3) is 3.72. The van der Waals surface area contributed by atoms with Gasteiger partial charge in [0.1, 0.15) is 23.2 Å². The Morgan fingerprint density at radius 1 is 0.769 bits per heavy atom. The Kier molecular flexibility index (Phi) is 6.22. The fourth-order valence-electron chi connectivity index (χ4n) is 3.00. The summed E-state index contributed by atoms with van der Waals surface area (Å²) in [5, 5.41) is 16.2. The molecule has 0 radical (unpaired) electrons. The Bertz CT molecular complexity index is 783. The summed E-state index contributed by atoms with van der Waals surface area (Å²) < 4.78 is 0. The van der Waals surface area contributed by atoms with Crippen LogP contribution in [0.5, 0.6) is 0 Å². The van der Waals surface area contributed by atoms with Gasteiger partial charge >= 0.3 is 0 Å². The van der Waals surface area contributed by atoms with Crippen molar-refractivity contribution in [2.24, 2.45) is 5.16 Å². The number of nitrogens with zero attached hydrogens (tertiary/aromatic N) is 1. The van der Waals surface area contributed by atoms with Crippen LogP contribution in [0.1, 0.15) is 0 Å². The Hall–Kier alpha value is -2.41. The van der Waals surface area contributed by atoms with E-state index in [1.165, 1.54) is 15.9 Å². The predicted molar refractivity (Wildman–Crippen MR) is 114 cm³/mol. The first-order valence-electron chi connectivity index (χ1n) is 8.33. The number of alkyl halides is 1. The van der Waals surface area contributed by atoms with Gasteiger partial charge < -0.3 is 5.21 Å². The van der Waals surface area contributed by atoms with Crippen molar-refractivity contribution in [2.75, 3.05) is 5.88 Å². The molecule has 0 heterocycles. The average Bonchev–Trinajstić information content (AvgIpc) is 2.74. The van der Waals surface area contributed by atoms with E-state index < -0.39 is 7.26 Å². The van der Waals surface area contributed by atoms with Gasteiger partial charge in [0.2, 0.25) is 0 Å². The molecule has 1 N–H and O–H groups in total. The highest BCUT2D eigenvalue weighted by atomic mass is 35.5. The summed E-state index contributed by atoms with van der Waals surface area (Å²) in [6.45, 7) is 0. The molecule has 26 heavy (non-hydrogen) atoms. The van der Waals surface area contributed by atoms with E-state index in [0.717, 1.165) is 0 Å². The van der Waals surface area contributed by atoms with Crippen LogP contribution in [-0.2, 0) is 0 Å². The van der Waals surface area contributed by atoms with Crippen molar-refractivity contribution in [3.8, 4) is 0 Å². The molecule has 0 amide bonds. The summed E-state index contributed by atoms with van der Waals surface area (Å²) in [7, 11) is -2.06. The van der Waals surface area contributed by atoms with Gasteiger partial charge in [0.05, 0.1) is 17.4 Å². The first-order chi connectivity index (χ1) is 12.8. The smallest absolute Gasteiger partial charge is 0.137 e. The number of benzene rings is 3. The van der Waals surface area contributed by atoms with Crippen molar-refractivity contribution in [2.45, 2.75) is 0 Å². The third-order valence-corrected chi connectivity index (χ3v) is 8.45. The lowest BCUT2D eigenvalue weighted by Crippen LogP contribution is -2.29. The maximum Gasteiger partial charge on any atom is 0.137 e. The van der Waals surface area contributed by atoms with Gasteiger partial charge in [-0.3, -0.25) is 0 Å². The third-order valence-electron chi connectivity index (χ3n) is 4.25.